The lowest BCUT2D eigenvalue weighted by Crippen LogP contribution is -2.67. The highest BCUT2D eigenvalue weighted by Gasteiger charge is 2.53. The quantitative estimate of drug-likeness (QED) is 0.801. The number of amides is 3. The predicted octanol–water partition coefficient (Wildman–Crippen LogP) is 0.546. The maximum atomic E-state index is 13.4. The van der Waals surface area contributed by atoms with E-state index >= 15 is 0 Å². The van der Waals surface area contributed by atoms with Crippen LogP contribution >= 0.6 is 0 Å². The monoisotopic (exact) mass is 395 g/mol. The molecule has 8 heteroatoms. The normalized spacial score (nSPS) is 18.2. The van der Waals surface area contributed by atoms with Crippen LogP contribution < -0.4 is 5.32 Å². The van der Waals surface area contributed by atoms with E-state index in [0.29, 0.717) is 44.8 Å². The van der Waals surface area contributed by atoms with Crippen molar-refractivity contribution in [1.82, 2.24) is 24.9 Å². The van der Waals surface area contributed by atoms with E-state index in [4.69, 9.17) is 0 Å². The Morgan fingerprint density at radius 2 is 1.90 bits per heavy atom. The molecule has 2 aliphatic rings. The van der Waals surface area contributed by atoms with Crippen LogP contribution in [0.5, 0.6) is 0 Å². The van der Waals surface area contributed by atoms with Gasteiger partial charge in [0.1, 0.15) is 5.69 Å². The van der Waals surface area contributed by atoms with E-state index in [9.17, 15) is 14.4 Å². The molecule has 0 bridgehead atoms. The van der Waals surface area contributed by atoms with Gasteiger partial charge in [-0.3, -0.25) is 19.1 Å². The molecule has 0 saturated carbocycles. The minimum Gasteiger partial charge on any atom is -0.353 e. The van der Waals surface area contributed by atoms with Crippen molar-refractivity contribution in [3.63, 3.8) is 0 Å². The third-order valence-electron chi connectivity index (χ3n) is 5.62. The van der Waals surface area contributed by atoms with Gasteiger partial charge in [0.15, 0.2) is 0 Å². The van der Waals surface area contributed by atoms with Crippen LogP contribution in [0.2, 0.25) is 0 Å². The summed E-state index contributed by atoms with van der Waals surface area (Å²) in [5, 5.41) is 7.04. The number of carbonyl (C=O) groups excluding carboxylic acids is 3. The first-order chi connectivity index (χ1) is 14.0. The molecule has 3 amide bonds. The smallest absolute Gasteiger partial charge is 0.274 e. The molecule has 4 rings (SSSR count). The van der Waals surface area contributed by atoms with Gasteiger partial charge in [0.25, 0.3) is 5.91 Å². The summed E-state index contributed by atoms with van der Waals surface area (Å²) in [6.45, 7) is 4.35. The Morgan fingerprint density at radius 3 is 2.55 bits per heavy atom. The summed E-state index contributed by atoms with van der Waals surface area (Å²) in [6, 6.07) is 11.5. The number of carbonyl (C=O) groups is 3. The van der Waals surface area contributed by atoms with Crippen molar-refractivity contribution < 1.29 is 14.4 Å². The third-order valence-corrected chi connectivity index (χ3v) is 5.62. The van der Waals surface area contributed by atoms with Gasteiger partial charge in [-0.15, -0.1) is 0 Å². The Kier molecular flexibility index (Phi) is 5.08. The molecule has 1 aromatic carbocycles. The number of hydrogen-bond acceptors (Lipinski definition) is 4. The Bertz CT molecular complexity index is 917. The molecule has 0 atom stereocenters. The third kappa shape index (κ3) is 3.74. The lowest BCUT2D eigenvalue weighted by Gasteiger charge is -2.50. The van der Waals surface area contributed by atoms with E-state index in [2.05, 4.69) is 10.4 Å². The van der Waals surface area contributed by atoms with E-state index in [1.54, 1.807) is 26.7 Å². The van der Waals surface area contributed by atoms with Crippen LogP contribution in [-0.4, -0.2) is 70.0 Å². The Labute approximate surface area is 169 Å². The van der Waals surface area contributed by atoms with Crippen LogP contribution in [0.15, 0.2) is 42.6 Å². The molecule has 3 heterocycles. The summed E-state index contributed by atoms with van der Waals surface area (Å²) in [4.78, 5) is 41.3. The molecule has 1 N–H and O–H groups in total. The van der Waals surface area contributed by atoms with Crippen LogP contribution in [0.1, 0.15) is 23.0 Å². The summed E-state index contributed by atoms with van der Waals surface area (Å²) in [5.74, 6) is -0.360. The molecule has 0 unspecified atom stereocenters. The van der Waals surface area contributed by atoms with Crippen molar-refractivity contribution in [3.05, 3.63) is 53.9 Å². The lowest BCUT2D eigenvalue weighted by atomic mass is 9.73. The van der Waals surface area contributed by atoms with Crippen LogP contribution in [0.4, 0.5) is 0 Å². The first-order valence-corrected chi connectivity index (χ1v) is 9.93. The molecule has 0 aliphatic carbocycles. The van der Waals surface area contributed by atoms with Gasteiger partial charge < -0.3 is 15.1 Å². The molecule has 152 valence electrons. The zero-order chi connectivity index (χ0) is 20.4. The fraction of sp³-hybridized carbons (Fsp3) is 0.429. The second-order valence-corrected chi connectivity index (χ2v) is 7.74. The van der Waals surface area contributed by atoms with E-state index in [1.165, 1.54) is 0 Å². The van der Waals surface area contributed by atoms with Crippen molar-refractivity contribution in [3.8, 4) is 0 Å². The van der Waals surface area contributed by atoms with Gasteiger partial charge in [-0.25, -0.2) is 0 Å². The topological polar surface area (TPSA) is 87.5 Å². The number of likely N-dealkylation sites (tertiary alicyclic amines) is 1. The molecule has 8 nitrogen and oxygen atoms in total. The number of piperazine rings is 1. The molecule has 2 fully saturated rings. The SMILES string of the molecule is CCn1ccc(C(=O)N2CC(Cc3ccccc3)(C(=O)N3CCNC(=O)C3)C2)n1. The summed E-state index contributed by atoms with van der Waals surface area (Å²) in [7, 11) is 0. The summed E-state index contributed by atoms with van der Waals surface area (Å²) in [5.41, 5.74) is 0.733. The minimum atomic E-state index is -0.706. The van der Waals surface area contributed by atoms with Crippen molar-refractivity contribution in [1.29, 1.82) is 0 Å². The fourth-order valence-corrected chi connectivity index (χ4v) is 4.10. The minimum absolute atomic E-state index is 0.0562. The van der Waals surface area contributed by atoms with Crippen molar-refractivity contribution >= 4 is 17.7 Å². The molecule has 1 aromatic heterocycles. The Hall–Kier alpha value is -3.16. The van der Waals surface area contributed by atoms with Crippen molar-refractivity contribution in [2.24, 2.45) is 5.41 Å². The van der Waals surface area contributed by atoms with Gasteiger partial charge in [-0.2, -0.15) is 5.10 Å². The van der Waals surface area contributed by atoms with Gasteiger partial charge in [-0.05, 0) is 25.0 Å². The second kappa shape index (κ2) is 7.69. The molecule has 0 radical (unpaired) electrons. The molecule has 2 saturated heterocycles. The van der Waals surface area contributed by atoms with Gasteiger partial charge in [-0.1, -0.05) is 30.3 Å². The average Bonchev–Trinajstić information content (AvgIpc) is 3.19. The lowest BCUT2D eigenvalue weighted by molar-refractivity contribution is -0.154. The van der Waals surface area contributed by atoms with Gasteiger partial charge in [0.05, 0.1) is 12.0 Å². The zero-order valence-electron chi connectivity index (χ0n) is 16.5. The summed E-state index contributed by atoms with van der Waals surface area (Å²) < 4.78 is 1.71. The molecule has 2 aromatic rings. The van der Waals surface area contributed by atoms with Crippen LogP contribution in [0.25, 0.3) is 0 Å². The van der Waals surface area contributed by atoms with E-state index in [-0.39, 0.29) is 24.3 Å². The molecular formula is C21H25N5O3. The van der Waals surface area contributed by atoms with Crippen molar-refractivity contribution in [2.75, 3.05) is 32.7 Å². The highest BCUT2D eigenvalue weighted by molar-refractivity contribution is 5.96. The number of nitrogens with one attached hydrogen (secondary N) is 1. The summed E-state index contributed by atoms with van der Waals surface area (Å²) >= 11 is 0. The number of aromatic nitrogens is 2. The zero-order valence-corrected chi connectivity index (χ0v) is 16.5. The standard InChI is InChI=1S/C21H25N5O3/c1-2-26-10-8-17(23-26)19(28)25-14-21(15-25,12-16-6-4-3-5-7-16)20(29)24-11-9-22-18(27)13-24/h3-8,10H,2,9,11-15H2,1H3,(H,22,27). The largest absolute Gasteiger partial charge is 0.353 e. The van der Waals surface area contributed by atoms with Gasteiger partial charge in [0, 0.05) is 38.9 Å². The maximum Gasteiger partial charge on any atom is 0.274 e. The number of nitrogens with zero attached hydrogens (tertiary/aromatic N) is 4. The molecular weight excluding hydrogens is 370 g/mol. The van der Waals surface area contributed by atoms with Crippen molar-refractivity contribution in [2.45, 2.75) is 19.9 Å². The van der Waals surface area contributed by atoms with Crippen LogP contribution in [-0.2, 0) is 22.6 Å². The number of benzene rings is 1. The molecule has 2 aliphatic heterocycles. The molecule has 29 heavy (non-hydrogen) atoms. The number of hydrogen-bond donors (Lipinski definition) is 1. The summed E-state index contributed by atoms with van der Waals surface area (Å²) in [6.07, 6.45) is 2.32. The predicted molar refractivity (Wildman–Crippen MR) is 106 cm³/mol. The molecule has 0 spiro atoms. The maximum absolute atomic E-state index is 13.4. The van der Waals surface area contributed by atoms with Crippen LogP contribution in [0.3, 0.4) is 0 Å². The van der Waals surface area contributed by atoms with Gasteiger partial charge >= 0.3 is 0 Å². The number of aryl methyl sites for hydroxylation is 1. The Balaban J connectivity index is 1.53. The van der Waals surface area contributed by atoms with Crippen LogP contribution in [0, 0.1) is 5.41 Å². The number of rotatable bonds is 5. The van der Waals surface area contributed by atoms with E-state index in [0.717, 1.165) is 5.56 Å². The first-order valence-electron chi connectivity index (χ1n) is 9.93. The fourth-order valence-electron chi connectivity index (χ4n) is 4.10. The Morgan fingerprint density at radius 1 is 1.14 bits per heavy atom. The average molecular weight is 395 g/mol. The van der Waals surface area contributed by atoms with E-state index in [1.807, 2.05) is 37.3 Å². The van der Waals surface area contributed by atoms with E-state index < -0.39 is 5.41 Å². The highest BCUT2D eigenvalue weighted by Crippen LogP contribution is 2.37. The second-order valence-electron chi connectivity index (χ2n) is 7.74. The van der Waals surface area contributed by atoms with Gasteiger partial charge in [0.2, 0.25) is 11.8 Å². The first kappa shape index (κ1) is 19.2. The highest BCUT2D eigenvalue weighted by atomic mass is 16.2.